The van der Waals surface area contributed by atoms with Crippen molar-refractivity contribution in [2.75, 3.05) is 18.5 Å². The lowest BCUT2D eigenvalue weighted by Gasteiger charge is -2.19. The molecule has 0 aliphatic rings. The zero-order valence-corrected chi connectivity index (χ0v) is 10.4. The smallest absolute Gasteiger partial charge is 0.0642 e. The molecule has 3 heteroatoms. The molecule has 0 saturated carbocycles. The standard InChI is InChI=1S/C12H19ClN2/c1-4-15(3)12-6-5-10(7-9(2)14)8-11(12)13/h5-6,8-9H,4,7,14H2,1-3H3. The average Bonchev–Trinajstić information content (AvgIpc) is 2.16. The van der Waals surface area contributed by atoms with Crippen LogP contribution in [-0.2, 0) is 6.42 Å². The van der Waals surface area contributed by atoms with Gasteiger partial charge in [0.1, 0.15) is 0 Å². The molecule has 84 valence electrons. The summed E-state index contributed by atoms with van der Waals surface area (Å²) in [4.78, 5) is 2.12. The summed E-state index contributed by atoms with van der Waals surface area (Å²) in [6.07, 6.45) is 0.871. The molecule has 0 fully saturated rings. The van der Waals surface area contributed by atoms with Crippen LogP contribution in [0.15, 0.2) is 18.2 Å². The van der Waals surface area contributed by atoms with Crippen molar-refractivity contribution in [3.05, 3.63) is 28.8 Å². The number of benzene rings is 1. The van der Waals surface area contributed by atoms with E-state index in [0.29, 0.717) is 0 Å². The lowest BCUT2D eigenvalue weighted by Crippen LogP contribution is -2.18. The second kappa shape index (κ2) is 5.38. The van der Waals surface area contributed by atoms with E-state index >= 15 is 0 Å². The molecule has 15 heavy (non-hydrogen) atoms. The predicted molar refractivity (Wildman–Crippen MR) is 67.7 cm³/mol. The summed E-state index contributed by atoms with van der Waals surface area (Å²) in [5.41, 5.74) is 8.02. The third-order valence-electron chi connectivity index (χ3n) is 2.46. The summed E-state index contributed by atoms with van der Waals surface area (Å²) in [5, 5.41) is 0.803. The van der Waals surface area contributed by atoms with Crippen LogP contribution >= 0.6 is 11.6 Å². The number of rotatable bonds is 4. The van der Waals surface area contributed by atoms with Crippen LogP contribution in [0.1, 0.15) is 19.4 Å². The van der Waals surface area contributed by atoms with Gasteiger partial charge in [0.2, 0.25) is 0 Å². The van der Waals surface area contributed by atoms with Crippen LogP contribution in [0.25, 0.3) is 0 Å². The maximum absolute atomic E-state index is 6.20. The fraction of sp³-hybridized carbons (Fsp3) is 0.500. The molecule has 1 aromatic rings. The Bertz CT molecular complexity index is 323. The molecule has 0 saturated heterocycles. The Morgan fingerprint density at radius 3 is 2.60 bits per heavy atom. The Morgan fingerprint density at radius 2 is 2.13 bits per heavy atom. The predicted octanol–water partition coefficient (Wildman–Crippen LogP) is 2.69. The Balaban J connectivity index is 2.88. The van der Waals surface area contributed by atoms with E-state index < -0.39 is 0 Å². The van der Waals surface area contributed by atoms with E-state index in [1.807, 2.05) is 20.0 Å². The van der Waals surface area contributed by atoms with Gasteiger partial charge in [-0.15, -0.1) is 0 Å². The summed E-state index contributed by atoms with van der Waals surface area (Å²) in [6.45, 7) is 5.05. The van der Waals surface area contributed by atoms with Crippen molar-refractivity contribution >= 4 is 17.3 Å². The number of hydrogen-bond donors (Lipinski definition) is 1. The zero-order valence-electron chi connectivity index (χ0n) is 9.63. The second-order valence-corrected chi connectivity index (χ2v) is 4.39. The Hall–Kier alpha value is -0.730. The molecule has 2 N–H and O–H groups in total. The van der Waals surface area contributed by atoms with Gasteiger partial charge in [0.05, 0.1) is 10.7 Å². The van der Waals surface area contributed by atoms with E-state index in [4.69, 9.17) is 17.3 Å². The highest BCUT2D eigenvalue weighted by atomic mass is 35.5. The number of nitrogens with zero attached hydrogens (tertiary/aromatic N) is 1. The van der Waals surface area contributed by atoms with Gasteiger partial charge in [-0.25, -0.2) is 0 Å². The van der Waals surface area contributed by atoms with Crippen LogP contribution in [0.4, 0.5) is 5.69 Å². The zero-order chi connectivity index (χ0) is 11.4. The van der Waals surface area contributed by atoms with E-state index in [0.717, 1.165) is 23.7 Å². The van der Waals surface area contributed by atoms with Crippen molar-refractivity contribution in [2.24, 2.45) is 5.73 Å². The van der Waals surface area contributed by atoms with Gasteiger partial charge in [-0.1, -0.05) is 17.7 Å². The summed E-state index contributed by atoms with van der Waals surface area (Å²) in [5.74, 6) is 0. The minimum Gasteiger partial charge on any atom is -0.374 e. The highest BCUT2D eigenvalue weighted by molar-refractivity contribution is 6.33. The first kappa shape index (κ1) is 12.3. The molecule has 0 bridgehead atoms. The van der Waals surface area contributed by atoms with Gasteiger partial charge in [0.15, 0.2) is 0 Å². The van der Waals surface area contributed by atoms with Crippen LogP contribution in [0.5, 0.6) is 0 Å². The fourth-order valence-corrected chi connectivity index (χ4v) is 1.88. The molecular weight excluding hydrogens is 208 g/mol. The van der Waals surface area contributed by atoms with Gasteiger partial charge in [-0.2, -0.15) is 0 Å². The molecule has 1 unspecified atom stereocenters. The highest BCUT2D eigenvalue weighted by Crippen LogP contribution is 2.26. The monoisotopic (exact) mass is 226 g/mol. The molecule has 1 rings (SSSR count). The van der Waals surface area contributed by atoms with Gasteiger partial charge < -0.3 is 10.6 Å². The number of halogens is 1. The number of nitrogens with two attached hydrogens (primary N) is 1. The van der Waals surface area contributed by atoms with Crippen molar-refractivity contribution in [1.29, 1.82) is 0 Å². The normalized spacial score (nSPS) is 12.6. The van der Waals surface area contributed by atoms with Crippen LogP contribution in [0.2, 0.25) is 5.02 Å². The summed E-state index contributed by atoms with van der Waals surface area (Å²) < 4.78 is 0. The molecule has 2 nitrogen and oxygen atoms in total. The third-order valence-corrected chi connectivity index (χ3v) is 2.76. The highest BCUT2D eigenvalue weighted by Gasteiger charge is 2.06. The molecule has 0 radical (unpaired) electrons. The van der Waals surface area contributed by atoms with E-state index in [2.05, 4.69) is 24.0 Å². The van der Waals surface area contributed by atoms with Crippen LogP contribution < -0.4 is 10.6 Å². The molecule has 0 aliphatic carbocycles. The van der Waals surface area contributed by atoms with E-state index in [1.54, 1.807) is 0 Å². The molecule has 0 heterocycles. The van der Waals surface area contributed by atoms with Gasteiger partial charge >= 0.3 is 0 Å². The maximum Gasteiger partial charge on any atom is 0.0642 e. The SMILES string of the molecule is CCN(C)c1ccc(CC(C)N)cc1Cl. The largest absolute Gasteiger partial charge is 0.374 e. The third kappa shape index (κ3) is 3.40. The molecular formula is C12H19ClN2. The van der Waals surface area contributed by atoms with Crippen molar-refractivity contribution in [2.45, 2.75) is 26.3 Å². The lowest BCUT2D eigenvalue weighted by atomic mass is 10.1. The quantitative estimate of drug-likeness (QED) is 0.856. The average molecular weight is 227 g/mol. The molecule has 0 aliphatic heterocycles. The molecule has 1 atom stereocenters. The summed E-state index contributed by atoms with van der Waals surface area (Å²) >= 11 is 6.20. The van der Waals surface area contributed by atoms with Crippen LogP contribution in [-0.4, -0.2) is 19.6 Å². The van der Waals surface area contributed by atoms with Crippen LogP contribution in [0, 0.1) is 0 Å². The Kier molecular flexibility index (Phi) is 4.43. The van der Waals surface area contributed by atoms with Gasteiger partial charge in [0, 0.05) is 19.6 Å². The molecule has 0 spiro atoms. The molecule has 0 aromatic heterocycles. The van der Waals surface area contributed by atoms with Crippen LogP contribution in [0.3, 0.4) is 0 Å². The van der Waals surface area contributed by atoms with Gasteiger partial charge in [0.25, 0.3) is 0 Å². The van der Waals surface area contributed by atoms with Gasteiger partial charge in [-0.3, -0.25) is 0 Å². The van der Waals surface area contributed by atoms with Crippen molar-refractivity contribution in [1.82, 2.24) is 0 Å². The topological polar surface area (TPSA) is 29.3 Å². The Labute approximate surface area is 97.0 Å². The van der Waals surface area contributed by atoms with Crippen molar-refractivity contribution in [3.8, 4) is 0 Å². The first-order valence-electron chi connectivity index (χ1n) is 5.29. The van der Waals surface area contributed by atoms with Gasteiger partial charge in [-0.05, 0) is 38.0 Å². The minimum absolute atomic E-state index is 0.177. The van der Waals surface area contributed by atoms with E-state index in [9.17, 15) is 0 Å². The van der Waals surface area contributed by atoms with Crippen molar-refractivity contribution in [3.63, 3.8) is 0 Å². The first-order chi connectivity index (χ1) is 7.04. The number of hydrogen-bond acceptors (Lipinski definition) is 2. The van der Waals surface area contributed by atoms with E-state index in [-0.39, 0.29) is 6.04 Å². The summed E-state index contributed by atoms with van der Waals surface area (Å²) in [6, 6.07) is 6.34. The fourth-order valence-electron chi connectivity index (χ4n) is 1.53. The first-order valence-corrected chi connectivity index (χ1v) is 5.67. The molecule has 0 amide bonds. The number of anilines is 1. The maximum atomic E-state index is 6.20. The Morgan fingerprint density at radius 1 is 1.47 bits per heavy atom. The van der Waals surface area contributed by atoms with Crippen molar-refractivity contribution < 1.29 is 0 Å². The lowest BCUT2D eigenvalue weighted by molar-refractivity contribution is 0.738. The van der Waals surface area contributed by atoms with E-state index in [1.165, 1.54) is 5.56 Å². The summed E-state index contributed by atoms with van der Waals surface area (Å²) in [7, 11) is 2.03. The minimum atomic E-state index is 0.177. The molecule has 1 aromatic carbocycles. The second-order valence-electron chi connectivity index (χ2n) is 3.98.